The van der Waals surface area contributed by atoms with Gasteiger partial charge in [0.15, 0.2) is 0 Å². The molecule has 66 valence electrons. The number of aromatic hydroxyl groups is 1. The van der Waals surface area contributed by atoms with Crippen LogP contribution >= 0.6 is 0 Å². The maximum absolute atomic E-state index is 9.52. The highest BCUT2D eigenvalue weighted by atomic mass is 16.3. The average Bonchev–Trinajstić information content (AvgIpc) is 2.52. The highest BCUT2D eigenvalue weighted by molar-refractivity contribution is 5.45. The van der Waals surface area contributed by atoms with Crippen LogP contribution in [0.3, 0.4) is 0 Å². The summed E-state index contributed by atoms with van der Waals surface area (Å²) in [4.78, 5) is 0. The first-order valence-corrected chi connectivity index (χ1v) is 3.95. The molecule has 1 aromatic heterocycles. The largest absolute Gasteiger partial charge is 0.506 e. The van der Waals surface area contributed by atoms with E-state index in [9.17, 15) is 5.11 Å². The maximum Gasteiger partial charge on any atom is 0.141 e. The molecule has 4 heteroatoms. The van der Waals surface area contributed by atoms with E-state index in [1.807, 2.05) is 13.0 Å². The lowest BCUT2D eigenvalue weighted by Gasteiger charge is -2.03. The lowest BCUT2D eigenvalue weighted by atomic mass is 10.3. The first-order valence-electron chi connectivity index (χ1n) is 3.95. The molecule has 1 heterocycles. The fourth-order valence-electron chi connectivity index (χ4n) is 1.17. The molecule has 0 bridgehead atoms. The predicted octanol–water partition coefficient (Wildman–Crippen LogP) is 1.28. The Morgan fingerprint density at radius 3 is 2.69 bits per heavy atom. The predicted molar refractivity (Wildman–Crippen MR) is 47.8 cm³/mol. The Labute approximate surface area is 75.4 Å². The molecule has 4 nitrogen and oxygen atoms in total. The smallest absolute Gasteiger partial charge is 0.141 e. The summed E-state index contributed by atoms with van der Waals surface area (Å²) < 4.78 is 1.59. The minimum absolute atomic E-state index is 0.205. The van der Waals surface area contributed by atoms with Crippen LogP contribution in [0.15, 0.2) is 30.5 Å². The quantitative estimate of drug-likeness (QED) is 0.710. The third kappa shape index (κ3) is 1.26. The monoisotopic (exact) mass is 175 g/mol. The molecule has 0 spiro atoms. The van der Waals surface area contributed by atoms with Crippen LogP contribution in [0.25, 0.3) is 5.69 Å². The van der Waals surface area contributed by atoms with Crippen LogP contribution in [0, 0.1) is 6.92 Å². The molecule has 0 saturated heterocycles. The molecule has 2 aromatic rings. The second-order valence-electron chi connectivity index (χ2n) is 2.78. The van der Waals surface area contributed by atoms with Crippen LogP contribution in [-0.4, -0.2) is 20.1 Å². The van der Waals surface area contributed by atoms with Gasteiger partial charge in [-0.3, -0.25) is 0 Å². The summed E-state index contributed by atoms with van der Waals surface area (Å²) in [5.74, 6) is 0.205. The van der Waals surface area contributed by atoms with Crippen molar-refractivity contribution in [3.8, 4) is 11.4 Å². The third-order valence-electron chi connectivity index (χ3n) is 1.83. The van der Waals surface area contributed by atoms with Crippen molar-refractivity contribution >= 4 is 0 Å². The summed E-state index contributed by atoms with van der Waals surface area (Å²) >= 11 is 0. The van der Waals surface area contributed by atoms with E-state index < -0.39 is 0 Å². The highest BCUT2D eigenvalue weighted by Gasteiger charge is 2.05. The standard InChI is InChI=1S/C9H9N3O/c1-7-6-10-11-12(7)8-4-2-3-5-9(8)13/h2-6,13H,1H3. The normalized spacial score (nSPS) is 10.2. The molecule has 0 fully saturated rings. The van der Waals surface area contributed by atoms with Crippen molar-refractivity contribution in [2.24, 2.45) is 0 Å². The van der Waals surface area contributed by atoms with E-state index in [0.29, 0.717) is 5.69 Å². The molecule has 2 rings (SSSR count). The van der Waals surface area contributed by atoms with Gasteiger partial charge in [0.1, 0.15) is 11.4 Å². The van der Waals surface area contributed by atoms with E-state index in [-0.39, 0.29) is 5.75 Å². The fraction of sp³-hybridized carbons (Fsp3) is 0.111. The van der Waals surface area contributed by atoms with Gasteiger partial charge in [0.05, 0.1) is 11.9 Å². The molecule has 0 atom stereocenters. The van der Waals surface area contributed by atoms with Crippen molar-refractivity contribution in [1.82, 2.24) is 15.0 Å². The van der Waals surface area contributed by atoms with Crippen molar-refractivity contribution in [1.29, 1.82) is 0 Å². The van der Waals surface area contributed by atoms with Crippen molar-refractivity contribution in [3.63, 3.8) is 0 Å². The van der Waals surface area contributed by atoms with E-state index in [0.717, 1.165) is 5.69 Å². The zero-order chi connectivity index (χ0) is 9.26. The number of phenolic OH excluding ortho intramolecular Hbond substituents is 1. The summed E-state index contributed by atoms with van der Waals surface area (Å²) in [6, 6.07) is 7.02. The van der Waals surface area contributed by atoms with Crippen molar-refractivity contribution in [2.75, 3.05) is 0 Å². The molecule has 0 unspecified atom stereocenters. The molecule has 0 amide bonds. The average molecular weight is 175 g/mol. The van der Waals surface area contributed by atoms with E-state index in [1.165, 1.54) is 0 Å². The number of aryl methyl sites for hydroxylation is 1. The molecule has 0 saturated carbocycles. The molecule has 0 aliphatic rings. The highest BCUT2D eigenvalue weighted by Crippen LogP contribution is 2.20. The molecule has 1 aromatic carbocycles. The van der Waals surface area contributed by atoms with Gasteiger partial charge in [0.25, 0.3) is 0 Å². The van der Waals surface area contributed by atoms with Gasteiger partial charge in [0.2, 0.25) is 0 Å². The number of rotatable bonds is 1. The van der Waals surface area contributed by atoms with Gasteiger partial charge in [-0.1, -0.05) is 17.3 Å². The van der Waals surface area contributed by atoms with Crippen LogP contribution in [0.4, 0.5) is 0 Å². The molecule has 1 N–H and O–H groups in total. The fourth-order valence-corrected chi connectivity index (χ4v) is 1.17. The van der Waals surface area contributed by atoms with Gasteiger partial charge < -0.3 is 5.11 Å². The number of hydrogen-bond donors (Lipinski definition) is 1. The number of hydrogen-bond acceptors (Lipinski definition) is 3. The van der Waals surface area contributed by atoms with E-state index in [2.05, 4.69) is 10.3 Å². The first-order chi connectivity index (χ1) is 6.29. The van der Waals surface area contributed by atoms with Crippen LogP contribution in [-0.2, 0) is 0 Å². The number of para-hydroxylation sites is 2. The second-order valence-corrected chi connectivity index (χ2v) is 2.78. The maximum atomic E-state index is 9.52. The zero-order valence-electron chi connectivity index (χ0n) is 7.18. The number of nitrogens with zero attached hydrogens (tertiary/aromatic N) is 3. The van der Waals surface area contributed by atoms with Gasteiger partial charge in [-0.2, -0.15) is 0 Å². The zero-order valence-corrected chi connectivity index (χ0v) is 7.18. The Kier molecular flexibility index (Phi) is 1.73. The van der Waals surface area contributed by atoms with Gasteiger partial charge in [-0.25, -0.2) is 4.68 Å². The Balaban J connectivity index is 2.59. The van der Waals surface area contributed by atoms with E-state index >= 15 is 0 Å². The summed E-state index contributed by atoms with van der Waals surface area (Å²) in [5.41, 5.74) is 1.54. The van der Waals surface area contributed by atoms with Crippen LogP contribution in [0.1, 0.15) is 5.69 Å². The minimum atomic E-state index is 0.205. The van der Waals surface area contributed by atoms with Gasteiger partial charge in [-0.05, 0) is 19.1 Å². The van der Waals surface area contributed by atoms with Crippen molar-refractivity contribution < 1.29 is 5.11 Å². The number of benzene rings is 1. The molecule has 0 aliphatic heterocycles. The van der Waals surface area contributed by atoms with E-state index in [4.69, 9.17) is 0 Å². The number of phenols is 1. The molecular formula is C9H9N3O. The molecule has 0 radical (unpaired) electrons. The first kappa shape index (κ1) is 7.79. The summed E-state index contributed by atoms with van der Waals surface area (Å²) in [5, 5.41) is 17.1. The third-order valence-corrected chi connectivity index (χ3v) is 1.83. The second kappa shape index (κ2) is 2.90. The molecular weight excluding hydrogens is 166 g/mol. The Hall–Kier alpha value is -1.84. The number of aromatic nitrogens is 3. The van der Waals surface area contributed by atoms with Crippen LogP contribution in [0.5, 0.6) is 5.75 Å². The summed E-state index contributed by atoms with van der Waals surface area (Å²) in [6.45, 7) is 1.88. The summed E-state index contributed by atoms with van der Waals surface area (Å²) in [6.07, 6.45) is 1.65. The SMILES string of the molecule is Cc1cnnn1-c1ccccc1O. The van der Waals surface area contributed by atoms with Crippen LogP contribution in [0.2, 0.25) is 0 Å². The van der Waals surface area contributed by atoms with Gasteiger partial charge in [-0.15, -0.1) is 5.10 Å². The lowest BCUT2D eigenvalue weighted by molar-refractivity contribution is 0.469. The van der Waals surface area contributed by atoms with Crippen molar-refractivity contribution in [3.05, 3.63) is 36.2 Å². The molecule has 13 heavy (non-hydrogen) atoms. The topological polar surface area (TPSA) is 50.9 Å². The lowest BCUT2D eigenvalue weighted by Crippen LogP contribution is -1.98. The van der Waals surface area contributed by atoms with Crippen LogP contribution < -0.4 is 0 Å². The Morgan fingerprint density at radius 1 is 1.31 bits per heavy atom. The summed E-state index contributed by atoms with van der Waals surface area (Å²) in [7, 11) is 0. The Morgan fingerprint density at radius 2 is 2.08 bits per heavy atom. The Bertz CT molecular complexity index is 422. The van der Waals surface area contributed by atoms with E-state index in [1.54, 1.807) is 29.1 Å². The minimum Gasteiger partial charge on any atom is -0.506 e. The van der Waals surface area contributed by atoms with Gasteiger partial charge >= 0.3 is 0 Å². The van der Waals surface area contributed by atoms with Crippen molar-refractivity contribution in [2.45, 2.75) is 6.92 Å². The molecule has 0 aliphatic carbocycles. The van der Waals surface area contributed by atoms with Gasteiger partial charge in [0, 0.05) is 0 Å².